The molecule has 0 bridgehead atoms. The SMILES string of the molecule is CCOC(=O)[C@@H]1CCN(c2nn(C(=O)c3c(Cl)cccc3C3CC3)c3cccc(F)c23)C[C@H]1O[Si](c1ccccc1)(c1ccccc1)C(C)(C)C. The molecule has 7 nitrogen and oxygen atoms in total. The molecule has 2 aliphatic rings. The van der Waals surface area contributed by atoms with E-state index in [2.05, 4.69) is 45.0 Å². The molecule has 1 aromatic heterocycles. The lowest BCUT2D eigenvalue weighted by Gasteiger charge is -2.48. The summed E-state index contributed by atoms with van der Waals surface area (Å²) >= 11 is 6.67. The average Bonchev–Trinajstić information content (AvgIpc) is 3.90. The normalized spacial score (nSPS) is 18.2. The van der Waals surface area contributed by atoms with Gasteiger partial charge in [-0.1, -0.05) is 111 Å². The number of esters is 1. The Bertz CT molecular complexity index is 2020. The lowest BCUT2D eigenvalue weighted by atomic mass is 9.94. The number of anilines is 1. The zero-order valence-corrected chi connectivity index (χ0v) is 31.2. The maximum absolute atomic E-state index is 15.9. The molecule has 0 N–H and O–H groups in total. The summed E-state index contributed by atoms with van der Waals surface area (Å²) in [4.78, 5) is 29.9. The summed E-state index contributed by atoms with van der Waals surface area (Å²) in [5.74, 6) is -1.17. The number of halogens is 2. The number of ether oxygens (including phenoxy) is 1. The first-order valence-electron chi connectivity index (χ1n) is 17.8. The number of hydrogen-bond donors (Lipinski definition) is 0. The Hall–Kier alpha value is -4.31. The van der Waals surface area contributed by atoms with E-state index in [1.165, 1.54) is 10.7 Å². The van der Waals surface area contributed by atoms with Crippen LogP contribution in [0, 0.1) is 11.7 Å². The molecule has 1 saturated carbocycles. The lowest BCUT2D eigenvalue weighted by molar-refractivity contribution is -0.152. The minimum atomic E-state index is -3.12. The van der Waals surface area contributed by atoms with Crippen LogP contribution >= 0.6 is 11.6 Å². The van der Waals surface area contributed by atoms with Gasteiger partial charge in [0.2, 0.25) is 0 Å². The fourth-order valence-electron chi connectivity index (χ4n) is 7.76. The van der Waals surface area contributed by atoms with Crippen LogP contribution in [-0.4, -0.2) is 55.8 Å². The minimum absolute atomic E-state index is 0.238. The number of piperidine rings is 1. The third-order valence-electron chi connectivity index (χ3n) is 10.3. The number of benzene rings is 4. The first-order valence-corrected chi connectivity index (χ1v) is 20.0. The number of aromatic nitrogens is 2. The van der Waals surface area contributed by atoms with Gasteiger partial charge in [-0.2, -0.15) is 4.68 Å². The molecule has 0 amide bonds. The minimum Gasteiger partial charge on any atom is -0.466 e. The van der Waals surface area contributed by atoms with Crippen LogP contribution < -0.4 is 15.3 Å². The van der Waals surface area contributed by atoms with E-state index in [0.717, 1.165) is 28.8 Å². The van der Waals surface area contributed by atoms with Gasteiger partial charge in [0.1, 0.15) is 5.82 Å². The Labute approximate surface area is 304 Å². The highest BCUT2D eigenvalue weighted by Gasteiger charge is 2.53. The molecule has 0 spiro atoms. The van der Waals surface area contributed by atoms with Gasteiger partial charge in [0.15, 0.2) is 5.82 Å². The molecule has 2 atom stereocenters. The summed E-state index contributed by atoms with van der Waals surface area (Å²) in [6.07, 6.45) is 1.75. The summed E-state index contributed by atoms with van der Waals surface area (Å²) in [7, 11) is -3.12. The van der Waals surface area contributed by atoms with Gasteiger partial charge in [0.05, 0.1) is 40.1 Å². The monoisotopic (exact) mass is 723 g/mol. The van der Waals surface area contributed by atoms with Crippen LogP contribution in [0.1, 0.15) is 68.8 Å². The first-order chi connectivity index (χ1) is 24.5. The second-order valence-electron chi connectivity index (χ2n) is 14.6. The fourth-order valence-corrected chi connectivity index (χ4v) is 12.7. The number of carbonyl (C=O) groups excluding carboxylic acids is 2. The van der Waals surface area contributed by atoms with Crippen LogP contribution in [0.2, 0.25) is 10.1 Å². The van der Waals surface area contributed by atoms with Crippen molar-refractivity contribution in [2.75, 3.05) is 24.6 Å². The second-order valence-corrected chi connectivity index (χ2v) is 19.2. The summed E-state index contributed by atoms with van der Waals surface area (Å²) in [5, 5.41) is 7.26. The van der Waals surface area contributed by atoms with Gasteiger partial charge in [0.25, 0.3) is 14.2 Å². The maximum Gasteiger partial charge on any atom is 0.311 e. The van der Waals surface area contributed by atoms with Gasteiger partial charge in [-0.25, -0.2) is 4.39 Å². The molecule has 7 rings (SSSR count). The van der Waals surface area contributed by atoms with Crippen LogP contribution in [0.5, 0.6) is 0 Å². The zero-order valence-electron chi connectivity index (χ0n) is 29.4. The molecule has 2 heterocycles. The predicted molar refractivity (Wildman–Crippen MR) is 202 cm³/mol. The van der Waals surface area contributed by atoms with Crippen molar-refractivity contribution in [3.05, 3.63) is 119 Å². The van der Waals surface area contributed by atoms with Crippen LogP contribution in [0.15, 0.2) is 97.1 Å². The van der Waals surface area contributed by atoms with Crippen molar-refractivity contribution in [3.8, 4) is 0 Å². The third-order valence-corrected chi connectivity index (χ3v) is 15.7. The fraction of sp³-hybridized carbons (Fsp3) is 0.341. The van der Waals surface area contributed by atoms with Crippen molar-refractivity contribution in [3.63, 3.8) is 0 Å². The van der Waals surface area contributed by atoms with E-state index >= 15 is 4.39 Å². The van der Waals surface area contributed by atoms with E-state index in [1.54, 1.807) is 25.1 Å². The molecule has 51 heavy (non-hydrogen) atoms. The quantitative estimate of drug-likeness (QED) is 0.115. The number of rotatable bonds is 9. The highest BCUT2D eigenvalue weighted by Crippen LogP contribution is 2.44. The van der Waals surface area contributed by atoms with Crippen molar-refractivity contribution in [2.45, 2.75) is 64.0 Å². The summed E-state index contributed by atoms with van der Waals surface area (Å²) in [6.45, 7) is 9.26. The molecule has 5 aromatic rings. The molecule has 264 valence electrons. The molecule has 10 heteroatoms. The third kappa shape index (κ3) is 6.40. The number of carbonyl (C=O) groups is 2. The van der Waals surface area contributed by atoms with Crippen molar-refractivity contribution >= 4 is 58.9 Å². The lowest BCUT2D eigenvalue weighted by Crippen LogP contribution is -2.69. The van der Waals surface area contributed by atoms with E-state index < -0.39 is 32.1 Å². The predicted octanol–water partition coefficient (Wildman–Crippen LogP) is 7.73. The number of hydrogen-bond acceptors (Lipinski definition) is 6. The van der Waals surface area contributed by atoms with E-state index in [1.807, 2.05) is 53.4 Å². The van der Waals surface area contributed by atoms with Gasteiger partial charge in [-0.15, -0.1) is 5.10 Å². The van der Waals surface area contributed by atoms with Gasteiger partial charge >= 0.3 is 5.97 Å². The van der Waals surface area contributed by atoms with E-state index in [4.69, 9.17) is 25.9 Å². The summed E-state index contributed by atoms with van der Waals surface area (Å²) < 4.78 is 30.4. The van der Waals surface area contributed by atoms with E-state index in [-0.39, 0.29) is 35.5 Å². The molecule has 1 saturated heterocycles. The van der Waals surface area contributed by atoms with Crippen LogP contribution in [0.3, 0.4) is 0 Å². The molecule has 0 radical (unpaired) electrons. The van der Waals surface area contributed by atoms with Gasteiger partial charge < -0.3 is 14.1 Å². The Balaban J connectivity index is 1.34. The van der Waals surface area contributed by atoms with E-state index in [0.29, 0.717) is 34.9 Å². The van der Waals surface area contributed by atoms with Crippen molar-refractivity contribution < 1.29 is 23.1 Å². The molecule has 1 aliphatic carbocycles. The molecule has 0 unspecified atom stereocenters. The Morgan fingerprint density at radius 3 is 2.16 bits per heavy atom. The zero-order chi connectivity index (χ0) is 35.9. The molecular formula is C41H43ClFN3O4Si. The highest BCUT2D eigenvalue weighted by molar-refractivity contribution is 6.99. The smallest absolute Gasteiger partial charge is 0.311 e. The van der Waals surface area contributed by atoms with Gasteiger partial charge in [-0.05, 0) is 71.3 Å². The van der Waals surface area contributed by atoms with Crippen molar-refractivity contribution in [1.29, 1.82) is 0 Å². The standard InChI is InChI=1S/C41H43ClFN3O4Si/c1-5-49-40(48)31-24-25-45(26-35(31)50-51(41(2,3)4,28-14-8-6-9-15-28)29-16-10-7-11-17-29)38-37-33(43)20-13-21-34(37)46(44-38)39(47)36-30(27-22-23-27)18-12-19-32(36)42/h6-21,27,31,35H,5,22-26H2,1-4H3/t31-,35-/m1/s1. The summed E-state index contributed by atoms with van der Waals surface area (Å²) in [5.41, 5.74) is 1.65. The average molecular weight is 724 g/mol. The molecule has 2 fully saturated rings. The molecule has 4 aromatic carbocycles. The highest BCUT2D eigenvalue weighted by atomic mass is 35.5. The van der Waals surface area contributed by atoms with Crippen molar-refractivity contribution in [1.82, 2.24) is 9.78 Å². The largest absolute Gasteiger partial charge is 0.466 e. The Kier molecular flexibility index (Phi) is 9.65. The van der Waals surface area contributed by atoms with E-state index in [9.17, 15) is 9.59 Å². The van der Waals surface area contributed by atoms with Crippen molar-refractivity contribution in [2.24, 2.45) is 5.92 Å². The molecular weight excluding hydrogens is 681 g/mol. The van der Waals surface area contributed by atoms with Crippen LogP contribution in [-0.2, 0) is 14.0 Å². The topological polar surface area (TPSA) is 73.7 Å². The maximum atomic E-state index is 15.9. The van der Waals surface area contributed by atoms with Gasteiger partial charge in [-0.3, -0.25) is 9.59 Å². The Morgan fingerprint density at radius 1 is 0.902 bits per heavy atom. The van der Waals surface area contributed by atoms with Crippen LogP contribution in [0.25, 0.3) is 10.9 Å². The number of nitrogens with zero attached hydrogens (tertiary/aromatic N) is 3. The second kappa shape index (κ2) is 14.0. The van der Waals surface area contributed by atoms with Crippen LogP contribution in [0.4, 0.5) is 10.2 Å². The summed E-state index contributed by atoms with van der Waals surface area (Å²) in [6, 6.07) is 30.7. The number of fused-ring (bicyclic) bond motifs is 1. The first kappa shape index (κ1) is 35.1. The van der Waals surface area contributed by atoms with Gasteiger partial charge in [0, 0.05) is 13.1 Å². The molecule has 1 aliphatic heterocycles. The Morgan fingerprint density at radius 2 is 1.55 bits per heavy atom.